The standard InChI is InChI=1S/C19H28N2O2.ClH/c1-2-15-5-7-18(8-6-15)23-14-19(22)21-11-9-17(10-12-21)20-13-16-3-4-16;/h5-8,16-17,20H,2-4,9-14H2,1H3;1H. The Morgan fingerprint density at radius 3 is 2.42 bits per heavy atom. The molecule has 2 fully saturated rings. The highest BCUT2D eigenvalue weighted by Gasteiger charge is 2.26. The Balaban J connectivity index is 0.00000208. The Bertz CT molecular complexity index is 509. The minimum atomic E-state index is 0. The first-order valence-electron chi connectivity index (χ1n) is 8.97. The normalized spacial score (nSPS) is 18.1. The molecule has 1 saturated heterocycles. The molecule has 0 radical (unpaired) electrons. The number of likely N-dealkylation sites (tertiary alicyclic amines) is 1. The third-order valence-electron chi connectivity index (χ3n) is 4.93. The van der Waals surface area contributed by atoms with Gasteiger partial charge in [-0.3, -0.25) is 4.79 Å². The highest BCUT2D eigenvalue weighted by Crippen LogP contribution is 2.28. The molecule has 1 aromatic carbocycles. The van der Waals surface area contributed by atoms with E-state index in [1.807, 2.05) is 17.0 Å². The number of aryl methyl sites for hydroxylation is 1. The molecule has 0 aromatic heterocycles. The van der Waals surface area contributed by atoms with E-state index in [1.54, 1.807) is 0 Å². The van der Waals surface area contributed by atoms with E-state index < -0.39 is 0 Å². The van der Waals surface area contributed by atoms with Gasteiger partial charge in [0, 0.05) is 19.1 Å². The predicted molar refractivity (Wildman–Crippen MR) is 98.9 cm³/mol. The average molecular weight is 353 g/mol. The van der Waals surface area contributed by atoms with Crippen LogP contribution in [0.25, 0.3) is 0 Å². The number of nitrogens with one attached hydrogen (secondary N) is 1. The van der Waals surface area contributed by atoms with E-state index in [9.17, 15) is 4.79 Å². The van der Waals surface area contributed by atoms with Crippen molar-refractivity contribution in [1.29, 1.82) is 0 Å². The zero-order valence-electron chi connectivity index (χ0n) is 14.5. The SMILES string of the molecule is CCc1ccc(OCC(=O)N2CCC(NCC3CC3)CC2)cc1.Cl. The van der Waals surface area contributed by atoms with Gasteiger partial charge in [-0.1, -0.05) is 19.1 Å². The van der Waals surface area contributed by atoms with Crippen molar-refractivity contribution in [2.75, 3.05) is 26.2 Å². The molecule has 4 nitrogen and oxygen atoms in total. The summed E-state index contributed by atoms with van der Waals surface area (Å²) < 4.78 is 5.63. The van der Waals surface area contributed by atoms with Gasteiger partial charge in [0.15, 0.2) is 6.61 Å². The van der Waals surface area contributed by atoms with Crippen LogP contribution in [0.15, 0.2) is 24.3 Å². The first-order valence-corrected chi connectivity index (χ1v) is 8.97. The van der Waals surface area contributed by atoms with Crippen LogP contribution in [0.2, 0.25) is 0 Å². The maximum atomic E-state index is 12.3. The Kier molecular flexibility index (Phi) is 7.38. The molecular weight excluding hydrogens is 324 g/mol. The lowest BCUT2D eigenvalue weighted by molar-refractivity contribution is -0.134. The van der Waals surface area contributed by atoms with Gasteiger partial charge in [-0.25, -0.2) is 0 Å². The Hall–Kier alpha value is -1.26. The maximum absolute atomic E-state index is 12.3. The molecule has 1 aliphatic carbocycles. The number of benzene rings is 1. The van der Waals surface area contributed by atoms with Crippen molar-refractivity contribution in [2.24, 2.45) is 5.92 Å². The van der Waals surface area contributed by atoms with Crippen LogP contribution < -0.4 is 10.1 Å². The molecule has 1 N–H and O–H groups in total. The van der Waals surface area contributed by atoms with Crippen molar-refractivity contribution in [3.63, 3.8) is 0 Å². The molecule has 2 aliphatic rings. The number of hydrogen-bond donors (Lipinski definition) is 1. The molecule has 24 heavy (non-hydrogen) atoms. The zero-order valence-corrected chi connectivity index (χ0v) is 15.3. The smallest absolute Gasteiger partial charge is 0.260 e. The van der Waals surface area contributed by atoms with Crippen molar-refractivity contribution in [2.45, 2.75) is 45.1 Å². The fourth-order valence-corrected chi connectivity index (χ4v) is 3.05. The van der Waals surface area contributed by atoms with E-state index in [-0.39, 0.29) is 24.9 Å². The summed E-state index contributed by atoms with van der Waals surface area (Å²) in [4.78, 5) is 14.2. The van der Waals surface area contributed by atoms with Gasteiger partial charge in [0.05, 0.1) is 0 Å². The topological polar surface area (TPSA) is 41.6 Å². The lowest BCUT2D eigenvalue weighted by Gasteiger charge is -2.32. The highest BCUT2D eigenvalue weighted by atomic mass is 35.5. The van der Waals surface area contributed by atoms with Crippen LogP contribution in [0.1, 0.15) is 38.2 Å². The molecule has 1 saturated carbocycles. The van der Waals surface area contributed by atoms with Gasteiger partial charge in [-0.05, 0) is 62.3 Å². The minimum Gasteiger partial charge on any atom is -0.484 e. The van der Waals surface area contributed by atoms with E-state index in [0.29, 0.717) is 6.04 Å². The minimum absolute atomic E-state index is 0. The summed E-state index contributed by atoms with van der Waals surface area (Å²) in [5.74, 6) is 1.80. The molecule has 5 heteroatoms. The second-order valence-electron chi connectivity index (χ2n) is 6.79. The van der Waals surface area contributed by atoms with Gasteiger partial charge < -0.3 is 15.0 Å². The van der Waals surface area contributed by atoms with Gasteiger partial charge in [0.2, 0.25) is 0 Å². The highest BCUT2D eigenvalue weighted by molar-refractivity contribution is 5.85. The monoisotopic (exact) mass is 352 g/mol. The number of amides is 1. The van der Waals surface area contributed by atoms with Crippen molar-refractivity contribution >= 4 is 18.3 Å². The van der Waals surface area contributed by atoms with Crippen molar-refractivity contribution in [1.82, 2.24) is 10.2 Å². The van der Waals surface area contributed by atoms with Gasteiger partial charge in [0.1, 0.15) is 5.75 Å². The fraction of sp³-hybridized carbons (Fsp3) is 0.632. The second-order valence-corrected chi connectivity index (χ2v) is 6.79. The summed E-state index contributed by atoms with van der Waals surface area (Å²) in [7, 11) is 0. The molecule has 0 unspecified atom stereocenters. The summed E-state index contributed by atoms with van der Waals surface area (Å²) >= 11 is 0. The Morgan fingerprint density at radius 1 is 1.17 bits per heavy atom. The Morgan fingerprint density at radius 2 is 1.83 bits per heavy atom. The van der Waals surface area contributed by atoms with Crippen LogP contribution >= 0.6 is 12.4 Å². The lowest BCUT2D eigenvalue weighted by Crippen LogP contribution is -2.46. The maximum Gasteiger partial charge on any atom is 0.260 e. The molecule has 134 valence electrons. The number of hydrogen-bond acceptors (Lipinski definition) is 3. The summed E-state index contributed by atoms with van der Waals surface area (Å²) in [6.07, 6.45) is 5.91. The van der Waals surface area contributed by atoms with Gasteiger partial charge in [-0.2, -0.15) is 0 Å². The average Bonchev–Trinajstić information content (AvgIpc) is 3.43. The van der Waals surface area contributed by atoms with E-state index in [2.05, 4.69) is 24.4 Å². The summed E-state index contributed by atoms with van der Waals surface area (Å²) in [6, 6.07) is 8.58. The number of rotatable bonds is 7. The number of carbonyl (C=O) groups excluding carboxylic acids is 1. The van der Waals surface area contributed by atoms with E-state index in [4.69, 9.17) is 4.74 Å². The molecule has 0 spiro atoms. The van der Waals surface area contributed by atoms with Crippen LogP contribution in [-0.4, -0.2) is 43.1 Å². The number of nitrogens with zero attached hydrogens (tertiary/aromatic N) is 1. The Labute approximate surface area is 151 Å². The first kappa shape index (κ1) is 19.1. The van der Waals surface area contributed by atoms with Gasteiger partial charge in [0.25, 0.3) is 5.91 Å². The third-order valence-corrected chi connectivity index (χ3v) is 4.93. The predicted octanol–water partition coefficient (Wildman–Crippen LogP) is 3.04. The molecule has 1 heterocycles. The summed E-state index contributed by atoms with van der Waals surface area (Å²) in [5.41, 5.74) is 1.28. The number of ether oxygens (including phenoxy) is 1. The van der Waals surface area contributed by atoms with E-state index in [1.165, 1.54) is 18.4 Å². The van der Waals surface area contributed by atoms with Crippen LogP contribution in [0.3, 0.4) is 0 Å². The number of carbonyl (C=O) groups is 1. The lowest BCUT2D eigenvalue weighted by atomic mass is 10.0. The summed E-state index contributed by atoms with van der Waals surface area (Å²) in [6.45, 7) is 5.13. The molecular formula is C19H29ClN2O2. The number of halogens is 1. The van der Waals surface area contributed by atoms with Gasteiger partial charge in [-0.15, -0.1) is 12.4 Å². The molecule has 0 atom stereocenters. The summed E-state index contributed by atoms with van der Waals surface area (Å²) in [5, 5.41) is 3.64. The largest absolute Gasteiger partial charge is 0.484 e. The fourth-order valence-electron chi connectivity index (χ4n) is 3.05. The molecule has 1 aliphatic heterocycles. The van der Waals surface area contributed by atoms with Crippen molar-refractivity contribution < 1.29 is 9.53 Å². The zero-order chi connectivity index (χ0) is 16.1. The van der Waals surface area contributed by atoms with Crippen molar-refractivity contribution in [3.05, 3.63) is 29.8 Å². The van der Waals surface area contributed by atoms with Crippen LogP contribution in [-0.2, 0) is 11.2 Å². The molecule has 3 rings (SSSR count). The number of piperidine rings is 1. The van der Waals surface area contributed by atoms with Crippen LogP contribution in [0.5, 0.6) is 5.75 Å². The van der Waals surface area contributed by atoms with Crippen LogP contribution in [0.4, 0.5) is 0 Å². The second kappa shape index (κ2) is 9.28. The molecule has 0 bridgehead atoms. The van der Waals surface area contributed by atoms with Crippen LogP contribution in [0, 0.1) is 5.92 Å². The first-order chi connectivity index (χ1) is 11.2. The van der Waals surface area contributed by atoms with E-state index in [0.717, 1.165) is 50.6 Å². The molecule has 1 amide bonds. The van der Waals surface area contributed by atoms with Gasteiger partial charge >= 0.3 is 0 Å². The van der Waals surface area contributed by atoms with Crippen molar-refractivity contribution in [3.8, 4) is 5.75 Å². The molecule has 1 aromatic rings. The quantitative estimate of drug-likeness (QED) is 0.820. The third kappa shape index (κ3) is 5.67. The van der Waals surface area contributed by atoms with E-state index >= 15 is 0 Å².